The fourth-order valence-corrected chi connectivity index (χ4v) is 1.61. The van der Waals surface area contributed by atoms with Gasteiger partial charge in [-0.25, -0.2) is 0 Å². The molecule has 0 saturated heterocycles. The first-order chi connectivity index (χ1) is 11.1. The lowest BCUT2D eigenvalue weighted by Gasteiger charge is -2.20. The van der Waals surface area contributed by atoms with Crippen molar-refractivity contribution in [1.29, 1.82) is 0 Å². The minimum absolute atomic E-state index is 0. The number of rotatable bonds is 8. The van der Waals surface area contributed by atoms with Gasteiger partial charge in [-0.3, -0.25) is 19.2 Å². The van der Waals surface area contributed by atoms with Crippen LogP contribution in [-0.4, -0.2) is 42.7 Å². The monoisotopic (exact) mass is 362 g/mol. The highest BCUT2D eigenvalue weighted by atomic mass is 16.6. The number of esters is 4. The van der Waals surface area contributed by atoms with E-state index in [2.05, 4.69) is 11.3 Å². The molecule has 0 fully saturated rings. The van der Waals surface area contributed by atoms with E-state index in [1.54, 1.807) is 6.92 Å². The SMILES string of the molecule is C.C=COC(C)=O.CC(=O)OCCC(CC(C)OC(C)=O)OC(C)=O. The van der Waals surface area contributed by atoms with Crippen LogP contribution in [-0.2, 0) is 38.1 Å². The predicted octanol–water partition coefficient (Wildman–Crippen LogP) is 2.54. The summed E-state index contributed by atoms with van der Waals surface area (Å²) >= 11 is 0. The summed E-state index contributed by atoms with van der Waals surface area (Å²) in [6, 6.07) is 0. The summed E-state index contributed by atoms with van der Waals surface area (Å²) in [5, 5.41) is 0. The van der Waals surface area contributed by atoms with Crippen LogP contribution in [0.3, 0.4) is 0 Å². The van der Waals surface area contributed by atoms with E-state index in [4.69, 9.17) is 14.2 Å². The summed E-state index contributed by atoms with van der Waals surface area (Å²) in [7, 11) is 0. The van der Waals surface area contributed by atoms with Crippen LogP contribution in [0.5, 0.6) is 0 Å². The van der Waals surface area contributed by atoms with Gasteiger partial charge in [-0.1, -0.05) is 14.0 Å². The number of ether oxygens (including phenoxy) is 4. The van der Waals surface area contributed by atoms with E-state index in [9.17, 15) is 19.2 Å². The summed E-state index contributed by atoms with van der Waals surface area (Å²) < 4.78 is 19.0. The minimum atomic E-state index is -0.434. The first-order valence-corrected chi connectivity index (χ1v) is 7.34. The lowest BCUT2D eigenvalue weighted by Crippen LogP contribution is -2.25. The molecule has 0 bridgehead atoms. The Labute approximate surface area is 149 Å². The number of hydrogen-bond acceptors (Lipinski definition) is 8. The fourth-order valence-electron chi connectivity index (χ4n) is 1.61. The molecular weight excluding hydrogens is 332 g/mol. The second-order valence-electron chi connectivity index (χ2n) is 4.79. The average Bonchev–Trinajstić information content (AvgIpc) is 2.36. The first-order valence-electron chi connectivity index (χ1n) is 7.34. The molecule has 0 aliphatic carbocycles. The van der Waals surface area contributed by atoms with Crippen LogP contribution < -0.4 is 0 Å². The Morgan fingerprint density at radius 3 is 1.76 bits per heavy atom. The Bertz CT molecular complexity index is 430. The largest absolute Gasteiger partial charge is 0.466 e. The number of hydrogen-bond donors (Lipinski definition) is 0. The Kier molecular flexibility index (Phi) is 18.1. The average molecular weight is 362 g/mol. The van der Waals surface area contributed by atoms with Gasteiger partial charge in [0.25, 0.3) is 0 Å². The molecule has 0 radical (unpaired) electrons. The van der Waals surface area contributed by atoms with Crippen molar-refractivity contribution in [1.82, 2.24) is 0 Å². The highest BCUT2D eigenvalue weighted by Crippen LogP contribution is 2.11. The van der Waals surface area contributed by atoms with Crippen LogP contribution in [0.2, 0.25) is 0 Å². The smallest absolute Gasteiger partial charge is 0.307 e. The van der Waals surface area contributed by atoms with Gasteiger partial charge in [-0.15, -0.1) is 0 Å². The summed E-state index contributed by atoms with van der Waals surface area (Å²) in [5.41, 5.74) is 0. The van der Waals surface area contributed by atoms with Crippen molar-refractivity contribution in [3.05, 3.63) is 12.8 Å². The van der Waals surface area contributed by atoms with Gasteiger partial charge in [0.05, 0.1) is 12.9 Å². The quantitative estimate of drug-likeness (QED) is 0.368. The highest BCUT2D eigenvalue weighted by molar-refractivity contribution is 5.67. The first kappa shape index (κ1) is 27.5. The van der Waals surface area contributed by atoms with Gasteiger partial charge in [0.1, 0.15) is 12.2 Å². The third-order valence-corrected chi connectivity index (χ3v) is 2.29. The van der Waals surface area contributed by atoms with Gasteiger partial charge < -0.3 is 18.9 Å². The van der Waals surface area contributed by atoms with Gasteiger partial charge in [-0.05, 0) is 6.92 Å². The van der Waals surface area contributed by atoms with E-state index in [0.717, 1.165) is 6.26 Å². The van der Waals surface area contributed by atoms with Crippen LogP contribution in [0.4, 0.5) is 0 Å². The second kappa shape index (κ2) is 16.5. The molecule has 0 amide bonds. The topological polar surface area (TPSA) is 105 Å². The summed E-state index contributed by atoms with van der Waals surface area (Å²) in [4.78, 5) is 42.0. The molecule has 0 heterocycles. The molecule has 0 aliphatic heterocycles. The summed E-state index contributed by atoms with van der Waals surface area (Å²) in [5.74, 6) is -1.52. The Morgan fingerprint density at radius 1 is 0.920 bits per heavy atom. The molecule has 25 heavy (non-hydrogen) atoms. The molecule has 0 aromatic heterocycles. The van der Waals surface area contributed by atoms with E-state index < -0.39 is 12.1 Å². The molecule has 0 aromatic carbocycles. The molecule has 2 atom stereocenters. The highest BCUT2D eigenvalue weighted by Gasteiger charge is 2.18. The van der Waals surface area contributed by atoms with Crippen molar-refractivity contribution in [2.75, 3.05) is 6.61 Å². The maximum atomic E-state index is 10.9. The van der Waals surface area contributed by atoms with E-state index >= 15 is 0 Å². The fraction of sp³-hybridized carbons (Fsp3) is 0.647. The lowest BCUT2D eigenvalue weighted by atomic mass is 10.1. The van der Waals surface area contributed by atoms with Crippen LogP contribution >= 0.6 is 0 Å². The lowest BCUT2D eigenvalue weighted by molar-refractivity contribution is -0.153. The zero-order chi connectivity index (χ0) is 19.1. The van der Waals surface area contributed by atoms with Gasteiger partial charge in [-0.2, -0.15) is 0 Å². The maximum Gasteiger partial charge on any atom is 0.307 e. The van der Waals surface area contributed by atoms with E-state index in [-0.39, 0.29) is 38.0 Å². The Morgan fingerprint density at radius 2 is 1.44 bits per heavy atom. The molecule has 0 saturated carbocycles. The Hall–Kier alpha value is -2.38. The van der Waals surface area contributed by atoms with E-state index in [1.165, 1.54) is 27.7 Å². The summed E-state index contributed by atoms with van der Waals surface area (Å²) in [6.45, 7) is 10.3. The molecule has 0 spiro atoms. The molecule has 8 nitrogen and oxygen atoms in total. The zero-order valence-electron chi connectivity index (χ0n) is 14.8. The van der Waals surface area contributed by atoms with Gasteiger partial charge in [0, 0.05) is 40.5 Å². The number of carbonyl (C=O) groups is 4. The molecule has 0 N–H and O–H groups in total. The van der Waals surface area contributed by atoms with Crippen molar-refractivity contribution in [3.8, 4) is 0 Å². The molecule has 0 rings (SSSR count). The van der Waals surface area contributed by atoms with Crippen LogP contribution in [0.15, 0.2) is 12.8 Å². The normalized spacial score (nSPS) is 11.2. The summed E-state index contributed by atoms with van der Waals surface area (Å²) in [6.07, 6.45) is 1.06. The second-order valence-corrected chi connectivity index (χ2v) is 4.79. The van der Waals surface area contributed by atoms with E-state index in [1.807, 2.05) is 0 Å². The van der Waals surface area contributed by atoms with Crippen molar-refractivity contribution in [3.63, 3.8) is 0 Å². The minimum Gasteiger partial charge on any atom is -0.466 e. The van der Waals surface area contributed by atoms with Crippen molar-refractivity contribution in [2.24, 2.45) is 0 Å². The van der Waals surface area contributed by atoms with Crippen molar-refractivity contribution >= 4 is 23.9 Å². The zero-order valence-corrected chi connectivity index (χ0v) is 14.8. The van der Waals surface area contributed by atoms with Gasteiger partial charge in [0.2, 0.25) is 0 Å². The van der Waals surface area contributed by atoms with Crippen molar-refractivity contribution in [2.45, 2.75) is 67.1 Å². The predicted molar refractivity (Wildman–Crippen MR) is 91.3 cm³/mol. The van der Waals surface area contributed by atoms with Crippen molar-refractivity contribution < 1.29 is 38.1 Å². The molecule has 146 valence electrons. The Balaban J connectivity index is -0.000000592. The molecule has 8 heteroatoms. The van der Waals surface area contributed by atoms with Gasteiger partial charge in [0.15, 0.2) is 0 Å². The molecule has 0 aromatic rings. The third-order valence-electron chi connectivity index (χ3n) is 2.29. The number of carbonyl (C=O) groups excluding carboxylic acids is 4. The van der Waals surface area contributed by atoms with E-state index in [0.29, 0.717) is 12.8 Å². The van der Waals surface area contributed by atoms with Crippen LogP contribution in [0.25, 0.3) is 0 Å². The maximum absolute atomic E-state index is 10.9. The standard InChI is InChI=1S/C12H20O6.C4H6O2.CH4/c1-8(17-10(3)14)7-12(18-11(4)15)5-6-16-9(2)13;1-3-6-4(2)5;/h8,12H,5-7H2,1-4H3;3H,1H2,2H3;1H4. The van der Waals surface area contributed by atoms with Crippen LogP contribution in [0, 0.1) is 0 Å². The third kappa shape index (κ3) is 24.0. The van der Waals surface area contributed by atoms with Gasteiger partial charge >= 0.3 is 23.9 Å². The molecule has 0 aliphatic rings. The van der Waals surface area contributed by atoms with Crippen LogP contribution in [0.1, 0.15) is 54.9 Å². The molecular formula is C17H30O8. The molecule has 2 unspecified atom stereocenters.